The molecule has 0 unspecified atom stereocenters. The molecule has 81 heavy (non-hydrogen) atoms. The largest absolute Gasteiger partial charge is 0.361 e. The Labute approximate surface area is 493 Å². The van der Waals surface area contributed by atoms with Crippen LogP contribution < -0.4 is 5.73 Å². The number of nitrogens with two attached hydrogens (primary N) is 1. The molecule has 6 heterocycles. The standard InChI is InChI=1S/C28H30ClF2N5.C24H23BrClF2N3OSi.C9H21N3/c1-18(2)36-10-8-35(9-11-36)7-3-4-19-12-21-13-20(5-6-26(21)32-16-19)27-28(34-17-33-27)22-14-23(29)25(31)15-24(22)30;1-33(2,3)7-6-32-14-31-13-30-23(24(31)18-10-19(26)21(28)11-20(18)27)15-4-5-22-16(8-15)9-17(25)12-29-22;1-9(2)12-7-5-11(4-3-10)6-8-12/h5-6,12-18H,3-4,7-11H2,1-2H3,(H,33,34);4-5,8-13H,6-7,14H2,1-3H3;9H,3-8,10H2,1-2H3. The van der Waals surface area contributed by atoms with Gasteiger partial charge in [0.05, 0.1) is 56.5 Å². The van der Waals surface area contributed by atoms with Crippen molar-refractivity contribution in [1.29, 1.82) is 0 Å². The number of halogens is 7. The molecule has 2 fully saturated rings. The van der Waals surface area contributed by atoms with Gasteiger partial charge in [-0.05, 0) is 123 Å². The minimum Gasteiger partial charge on any atom is -0.361 e. The number of piperazine rings is 2. The highest BCUT2D eigenvalue weighted by Crippen LogP contribution is 2.38. The number of imidazole rings is 2. The molecule has 4 aromatic heterocycles. The summed E-state index contributed by atoms with van der Waals surface area (Å²) in [6, 6.07) is 22.2. The van der Waals surface area contributed by atoms with Crippen molar-refractivity contribution in [2.45, 2.75) is 85.0 Å². The second-order valence-electron chi connectivity index (χ2n) is 22.5. The van der Waals surface area contributed by atoms with E-state index in [2.05, 4.69) is 114 Å². The van der Waals surface area contributed by atoms with Gasteiger partial charge >= 0.3 is 0 Å². The van der Waals surface area contributed by atoms with Crippen LogP contribution in [0.25, 0.3) is 66.8 Å². The highest BCUT2D eigenvalue weighted by Gasteiger charge is 2.24. The number of rotatable bonds is 17. The van der Waals surface area contributed by atoms with Crippen LogP contribution in [0.3, 0.4) is 0 Å². The van der Waals surface area contributed by atoms with Gasteiger partial charge < -0.3 is 24.9 Å². The predicted octanol–water partition coefficient (Wildman–Crippen LogP) is 13.9. The molecule has 4 aromatic carbocycles. The Morgan fingerprint density at radius 1 is 0.654 bits per heavy atom. The van der Waals surface area contributed by atoms with Crippen LogP contribution in [0.1, 0.15) is 39.7 Å². The zero-order valence-electron chi connectivity index (χ0n) is 47.4. The number of H-pyrrole nitrogens is 1. The summed E-state index contributed by atoms with van der Waals surface area (Å²) in [5.74, 6) is -3.01. The molecule has 0 radical (unpaired) electrons. The summed E-state index contributed by atoms with van der Waals surface area (Å²) >= 11 is 15.4. The van der Waals surface area contributed by atoms with E-state index in [9.17, 15) is 17.6 Å². The lowest BCUT2D eigenvalue weighted by molar-refractivity contribution is 0.0882. The molecule has 0 saturated carbocycles. The van der Waals surface area contributed by atoms with E-state index in [1.165, 1.54) is 50.2 Å². The van der Waals surface area contributed by atoms with E-state index in [0.29, 0.717) is 41.5 Å². The first-order chi connectivity index (χ1) is 38.7. The van der Waals surface area contributed by atoms with E-state index >= 15 is 0 Å². The molecule has 0 bridgehead atoms. The second-order valence-corrected chi connectivity index (χ2v) is 29.9. The lowest BCUT2D eigenvalue weighted by atomic mass is 10.0. The number of benzene rings is 4. The van der Waals surface area contributed by atoms with Gasteiger partial charge in [0.15, 0.2) is 0 Å². The number of hydrogen-bond donors (Lipinski definition) is 2. The second kappa shape index (κ2) is 28.4. The van der Waals surface area contributed by atoms with E-state index in [4.69, 9.17) is 33.7 Å². The van der Waals surface area contributed by atoms with Gasteiger partial charge in [0.2, 0.25) is 0 Å². The van der Waals surface area contributed by atoms with E-state index in [1.54, 1.807) is 17.1 Å². The minimum atomic E-state index is -1.25. The number of aromatic amines is 1. The maximum absolute atomic E-state index is 14.9. The number of ether oxygens (including phenoxy) is 1. The highest BCUT2D eigenvalue weighted by molar-refractivity contribution is 9.10. The molecule has 20 heteroatoms. The first-order valence-electron chi connectivity index (χ1n) is 27.8. The van der Waals surface area contributed by atoms with Crippen LogP contribution in [0, 0.1) is 23.3 Å². The van der Waals surface area contributed by atoms with Crippen LogP contribution in [0.4, 0.5) is 17.6 Å². The minimum absolute atomic E-state index is 0.138. The van der Waals surface area contributed by atoms with Crippen molar-refractivity contribution in [3.05, 3.63) is 141 Å². The van der Waals surface area contributed by atoms with Gasteiger partial charge in [-0.15, -0.1) is 0 Å². The third-order valence-electron chi connectivity index (χ3n) is 14.8. The molecular formula is C61H74BrCl2F4N11OSi. The van der Waals surface area contributed by atoms with Gasteiger partial charge in [-0.3, -0.25) is 24.7 Å². The molecule has 8 aromatic rings. The molecule has 0 atom stereocenters. The summed E-state index contributed by atoms with van der Waals surface area (Å²) in [7, 11) is -1.25. The number of pyridine rings is 2. The van der Waals surface area contributed by atoms with Crippen LogP contribution >= 0.6 is 39.1 Å². The smallest absolute Gasteiger partial charge is 0.144 e. The fraction of sp³-hybridized carbons (Fsp3) is 0.410. The third-order valence-corrected chi connectivity index (χ3v) is 17.6. The summed E-state index contributed by atoms with van der Waals surface area (Å²) in [6.45, 7) is 29.0. The number of hydrogen-bond acceptors (Lipinski definition) is 10. The lowest BCUT2D eigenvalue weighted by Crippen LogP contribution is -2.49. The SMILES string of the molecule is CC(C)N1CCN(CCCc2cnc3ccc(-c4nc[nH]c4-c4cc(Cl)c(F)cc4F)cc3c2)CC1.CC(C)N1CCN(CCN)CC1.C[Si](C)(C)CCOCn1cnc(-c2ccc3ncc(Br)cc3c2)c1-c1cc(Cl)c(F)cc1F. The molecule has 12 nitrogen and oxygen atoms in total. The molecule has 2 saturated heterocycles. The summed E-state index contributed by atoms with van der Waals surface area (Å²) in [6.07, 6.45) is 8.85. The molecule has 2 aliphatic heterocycles. The monoisotopic (exact) mass is 1230 g/mol. The Balaban J connectivity index is 0.000000177. The van der Waals surface area contributed by atoms with Crippen molar-refractivity contribution < 1.29 is 22.3 Å². The lowest BCUT2D eigenvalue weighted by Gasteiger charge is -2.36. The predicted molar refractivity (Wildman–Crippen MR) is 328 cm³/mol. The van der Waals surface area contributed by atoms with Crippen molar-refractivity contribution in [2.75, 3.05) is 78.6 Å². The Bertz CT molecular complexity index is 3380. The first kappa shape index (κ1) is 61.9. The van der Waals surface area contributed by atoms with Crippen molar-refractivity contribution in [3.8, 4) is 45.0 Å². The van der Waals surface area contributed by atoms with E-state index in [-0.39, 0.29) is 27.9 Å². The summed E-state index contributed by atoms with van der Waals surface area (Å²) in [5.41, 5.74) is 12.4. The van der Waals surface area contributed by atoms with Crippen molar-refractivity contribution in [2.24, 2.45) is 5.73 Å². The highest BCUT2D eigenvalue weighted by atomic mass is 79.9. The number of fused-ring (bicyclic) bond motifs is 2. The van der Waals surface area contributed by atoms with Gasteiger partial charge in [-0.25, -0.2) is 27.5 Å². The maximum atomic E-state index is 14.9. The van der Waals surface area contributed by atoms with Crippen LogP contribution in [-0.4, -0.2) is 148 Å². The Kier molecular flexibility index (Phi) is 21.7. The summed E-state index contributed by atoms with van der Waals surface area (Å²) in [4.78, 5) is 31.1. The van der Waals surface area contributed by atoms with Crippen LogP contribution in [-0.2, 0) is 17.9 Å². The molecule has 0 aliphatic carbocycles. The van der Waals surface area contributed by atoms with Crippen molar-refractivity contribution in [1.82, 2.24) is 49.1 Å². The number of aryl methyl sites for hydroxylation is 1. The summed E-state index contributed by atoms with van der Waals surface area (Å²) in [5, 5.41) is 1.62. The Morgan fingerprint density at radius 3 is 1.80 bits per heavy atom. The average molecular weight is 1230 g/mol. The van der Waals surface area contributed by atoms with Gasteiger partial charge in [-0.2, -0.15) is 0 Å². The topological polar surface area (TPSA) is 120 Å². The van der Waals surface area contributed by atoms with E-state index < -0.39 is 31.3 Å². The summed E-state index contributed by atoms with van der Waals surface area (Å²) < 4.78 is 65.5. The first-order valence-corrected chi connectivity index (χ1v) is 33.0. The normalized spacial score (nSPS) is 14.9. The quantitative estimate of drug-likeness (QED) is 0.0395. The molecule has 432 valence electrons. The van der Waals surface area contributed by atoms with Crippen molar-refractivity contribution in [3.63, 3.8) is 0 Å². The van der Waals surface area contributed by atoms with Crippen LogP contribution in [0.15, 0.2) is 102 Å². The van der Waals surface area contributed by atoms with Crippen LogP contribution in [0.5, 0.6) is 0 Å². The molecular weight excluding hydrogens is 1160 g/mol. The number of aromatic nitrogens is 6. The third kappa shape index (κ3) is 16.6. The Morgan fingerprint density at radius 2 is 1.21 bits per heavy atom. The van der Waals surface area contributed by atoms with Crippen LogP contribution in [0.2, 0.25) is 35.7 Å². The van der Waals surface area contributed by atoms with Crippen molar-refractivity contribution >= 4 is 69.0 Å². The van der Waals surface area contributed by atoms with Gasteiger partial charge in [0.1, 0.15) is 30.0 Å². The van der Waals surface area contributed by atoms with Gasteiger partial charge in [0, 0.05) is 154 Å². The van der Waals surface area contributed by atoms with E-state index in [1.807, 2.05) is 48.7 Å². The number of nitrogens with one attached hydrogen (secondary N) is 1. The molecule has 0 spiro atoms. The van der Waals surface area contributed by atoms with Gasteiger partial charge in [0.25, 0.3) is 0 Å². The fourth-order valence-electron chi connectivity index (χ4n) is 10.1. The van der Waals surface area contributed by atoms with Gasteiger partial charge in [-0.1, -0.05) is 55.0 Å². The fourth-order valence-corrected chi connectivity index (χ4v) is 11.5. The zero-order valence-corrected chi connectivity index (χ0v) is 51.5. The van der Waals surface area contributed by atoms with E-state index in [0.717, 1.165) is 114 Å². The molecule has 0 amide bonds. The Hall–Kier alpha value is -5.12. The average Bonchev–Trinajstić information content (AvgIpc) is 4.25. The molecule has 3 N–H and O–H groups in total. The number of nitrogens with zero attached hydrogens (tertiary/aromatic N) is 9. The zero-order chi connectivity index (χ0) is 58.0. The maximum Gasteiger partial charge on any atom is 0.144 e. The molecule has 10 rings (SSSR count). The molecule has 2 aliphatic rings.